The first-order chi connectivity index (χ1) is 16.3. The second-order valence-corrected chi connectivity index (χ2v) is 9.29. The van der Waals surface area contributed by atoms with E-state index in [0.29, 0.717) is 28.7 Å². The first-order valence-electron chi connectivity index (χ1n) is 11.3. The fraction of sp³-hybridized carbons (Fsp3) is 0.240. The minimum Gasteiger partial charge on any atom is -0.250 e. The van der Waals surface area contributed by atoms with Gasteiger partial charge in [-0.2, -0.15) is 0 Å². The molecular weight excluding hydrogens is 432 g/mol. The molecule has 5 aromatic rings. The zero-order valence-corrected chi connectivity index (χ0v) is 18.9. The first-order valence-corrected chi connectivity index (χ1v) is 12.1. The summed E-state index contributed by atoms with van der Waals surface area (Å²) in [4.78, 5) is 27.6. The van der Waals surface area contributed by atoms with Crippen LogP contribution < -0.4 is 10.5 Å². The van der Waals surface area contributed by atoms with E-state index in [-0.39, 0.29) is 5.56 Å². The van der Waals surface area contributed by atoms with Gasteiger partial charge in [0.05, 0.1) is 23.8 Å². The summed E-state index contributed by atoms with van der Waals surface area (Å²) in [6.07, 6.45) is 11.6. The molecule has 0 bridgehead atoms. The largest absolute Gasteiger partial charge is 0.322 e. The van der Waals surface area contributed by atoms with Gasteiger partial charge in [0, 0.05) is 4.88 Å². The van der Waals surface area contributed by atoms with Gasteiger partial charge in [0.15, 0.2) is 11.7 Å². The van der Waals surface area contributed by atoms with Crippen molar-refractivity contribution < 1.29 is 4.98 Å². The summed E-state index contributed by atoms with van der Waals surface area (Å²) < 4.78 is 3.45. The van der Waals surface area contributed by atoms with Gasteiger partial charge in [-0.1, -0.05) is 29.8 Å². The van der Waals surface area contributed by atoms with Gasteiger partial charge in [0.25, 0.3) is 5.65 Å². The number of aryl methyl sites for hydroxylation is 1. The lowest BCUT2D eigenvalue weighted by Crippen LogP contribution is -2.27. The van der Waals surface area contributed by atoms with Crippen LogP contribution in [0.5, 0.6) is 0 Å². The monoisotopic (exact) mass is 455 g/mol. The molecule has 4 aromatic heterocycles. The first kappa shape index (κ1) is 20.0. The number of benzene rings is 1. The van der Waals surface area contributed by atoms with E-state index in [9.17, 15) is 4.79 Å². The molecule has 1 aromatic carbocycles. The van der Waals surface area contributed by atoms with Crippen LogP contribution in [0.2, 0.25) is 0 Å². The lowest BCUT2D eigenvalue weighted by Gasteiger charge is -2.11. The number of nitrogens with zero attached hydrogens (tertiary/aromatic N) is 5. The van der Waals surface area contributed by atoms with Crippen molar-refractivity contribution in [3.05, 3.63) is 75.0 Å². The van der Waals surface area contributed by atoms with Crippen LogP contribution in [0, 0.1) is 0 Å². The van der Waals surface area contributed by atoms with Gasteiger partial charge in [-0.3, -0.25) is 0 Å². The number of aromatic amines is 1. The van der Waals surface area contributed by atoms with E-state index in [1.807, 2.05) is 41.8 Å². The number of fused-ring (bicyclic) bond motifs is 4. The SMILES string of the molecule is O=c1c2c3nc4ccccc4nc3n(/N=C/c3cccs3)c2[nH+]cn1CCC1=CCCCC1. The predicted octanol–water partition coefficient (Wildman–Crippen LogP) is 4.55. The maximum atomic E-state index is 13.6. The second kappa shape index (κ2) is 8.37. The Bertz CT molecular complexity index is 1590. The van der Waals surface area contributed by atoms with Gasteiger partial charge < -0.3 is 0 Å². The van der Waals surface area contributed by atoms with Gasteiger partial charge in [-0.05, 0) is 55.7 Å². The van der Waals surface area contributed by atoms with Gasteiger partial charge in [-0.25, -0.2) is 24.3 Å². The normalized spacial score (nSPS) is 14.6. The molecular formula is C25H23N6OS+. The van der Waals surface area contributed by atoms with Crippen LogP contribution in [0.3, 0.4) is 0 Å². The van der Waals surface area contributed by atoms with Crippen LogP contribution in [-0.4, -0.2) is 25.4 Å². The zero-order valence-electron chi connectivity index (χ0n) is 18.1. The van der Waals surface area contributed by atoms with Crippen molar-refractivity contribution in [1.29, 1.82) is 0 Å². The number of nitrogens with one attached hydrogen (secondary N) is 1. The van der Waals surface area contributed by atoms with Crippen molar-refractivity contribution in [2.24, 2.45) is 5.10 Å². The Morgan fingerprint density at radius 1 is 1.12 bits per heavy atom. The minimum atomic E-state index is -0.0696. The average molecular weight is 456 g/mol. The smallest absolute Gasteiger partial charge is 0.250 e. The highest BCUT2D eigenvalue weighted by atomic mass is 32.1. The Kier molecular flexibility index (Phi) is 5.07. The quantitative estimate of drug-likeness (QED) is 0.288. The van der Waals surface area contributed by atoms with E-state index in [4.69, 9.17) is 9.97 Å². The summed E-state index contributed by atoms with van der Waals surface area (Å²) >= 11 is 1.60. The van der Waals surface area contributed by atoms with Gasteiger partial charge in [-0.15, -0.1) is 21.1 Å². The number of aromatic nitrogens is 5. The summed E-state index contributed by atoms with van der Waals surface area (Å²) in [7, 11) is 0. The molecule has 6 rings (SSSR count). The molecule has 8 heteroatoms. The molecule has 0 saturated heterocycles. The molecule has 0 unspecified atom stereocenters. The maximum Gasteiger partial charge on any atom is 0.322 e. The lowest BCUT2D eigenvalue weighted by atomic mass is 9.97. The number of thiophene rings is 1. The van der Waals surface area contributed by atoms with Crippen molar-refractivity contribution in [2.75, 3.05) is 0 Å². The number of rotatable bonds is 5. The second-order valence-electron chi connectivity index (χ2n) is 8.31. The third kappa shape index (κ3) is 3.66. The topological polar surface area (TPSA) is 79.2 Å². The van der Waals surface area contributed by atoms with E-state index in [1.54, 1.807) is 33.1 Å². The number of hydrogen-bond acceptors (Lipinski definition) is 5. The molecule has 4 heterocycles. The van der Waals surface area contributed by atoms with Crippen LogP contribution in [0.25, 0.3) is 33.2 Å². The highest BCUT2D eigenvalue weighted by Gasteiger charge is 2.24. The lowest BCUT2D eigenvalue weighted by molar-refractivity contribution is -0.357. The number of H-pyrrole nitrogens is 1. The highest BCUT2D eigenvalue weighted by molar-refractivity contribution is 7.11. The third-order valence-electron chi connectivity index (χ3n) is 6.17. The van der Waals surface area contributed by atoms with Crippen LogP contribution in [0.15, 0.2) is 69.7 Å². The van der Waals surface area contributed by atoms with Crippen molar-refractivity contribution >= 4 is 50.8 Å². The van der Waals surface area contributed by atoms with Crippen molar-refractivity contribution in [2.45, 2.75) is 38.6 Å². The molecule has 7 nitrogen and oxygen atoms in total. The number of allylic oxidation sites excluding steroid dienone is 2. The molecule has 1 N–H and O–H groups in total. The van der Waals surface area contributed by atoms with Gasteiger partial charge in [0.1, 0.15) is 5.52 Å². The van der Waals surface area contributed by atoms with E-state index >= 15 is 0 Å². The van der Waals surface area contributed by atoms with E-state index in [2.05, 4.69) is 16.2 Å². The summed E-state index contributed by atoms with van der Waals surface area (Å²) in [5.41, 5.74) is 4.64. The minimum absolute atomic E-state index is 0.0696. The predicted molar refractivity (Wildman–Crippen MR) is 132 cm³/mol. The average Bonchev–Trinajstić information content (AvgIpc) is 3.48. The van der Waals surface area contributed by atoms with Crippen LogP contribution in [0.1, 0.15) is 37.0 Å². The van der Waals surface area contributed by atoms with E-state index < -0.39 is 0 Å². The van der Waals surface area contributed by atoms with Gasteiger partial charge >= 0.3 is 5.56 Å². The molecule has 0 saturated carbocycles. The summed E-state index contributed by atoms with van der Waals surface area (Å²) in [6.45, 7) is 0.642. The molecule has 0 amide bonds. The molecule has 0 fully saturated rings. The Balaban J connectivity index is 1.53. The number of hydrogen-bond donors (Lipinski definition) is 0. The summed E-state index contributed by atoms with van der Waals surface area (Å²) in [5, 5.41) is 7.20. The molecule has 0 aliphatic heterocycles. The molecule has 33 heavy (non-hydrogen) atoms. The van der Waals surface area contributed by atoms with Crippen LogP contribution in [-0.2, 0) is 6.54 Å². The summed E-state index contributed by atoms with van der Waals surface area (Å²) in [6, 6.07) is 11.7. The molecule has 164 valence electrons. The van der Waals surface area contributed by atoms with E-state index in [1.165, 1.54) is 18.4 Å². The Morgan fingerprint density at radius 2 is 2.00 bits per heavy atom. The Labute approximate surface area is 193 Å². The fourth-order valence-corrected chi connectivity index (χ4v) is 5.04. The summed E-state index contributed by atoms with van der Waals surface area (Å²) in [5.74, 6) is 0. The van der Waals surface area contributed by atoms with Crippen LogP contribution in [0.4, 0.5) is 0 Å². The molecule has 1 aliphatic carbocycles. The van der Waals surface area contributed by atoms with Gasteiger partial charge in [0.2, 0.25) is 5.65 Å². The molecule has 0 atom stereocenters. The zero-order chi connectivity index (χ0) is 22.2. The maximum absolute atomic E-state index is 13.6. The third-order valence-corrected chi connectivity index (χ3v) is 6.98. The van der Waals surface area contributed by atoms with Crippen molar-refractivity contribution in [3.63, 3.8) is 0 Å². The van der Waals surface area contributed by atoms with Crippen LogP contribution >= 0.6 is 11.3 Å². The standard InChI is InChI=1S/C25H22N6OS/c32-25-21-22-24(29-20-11-5-4-10-19(20)28-22)31(27-15-18-9-6-14-33-18)23(21)26-16-30(25)13-12-17-7-2-1-3-8-17/h4-7,9-11,14-16H,1-3,8,12-13H2/p+1/b27-15+. The molecule has 1 aliphatic rings. The van der Waals surface area contributed by atoms with E-state index in [0.717, 1.165) is 35.2 Å². The molecule has 0 radical (unpaired) electrons. The number of para-hydroxylation sites is 2. The van der Waals surface area contributed by atoms with Crippen molar-refractivity contribution in [1.82, 2.24) is 19.2 Å². The highest BCUT2D eigenvalue weighted by Crippen LogP contribution is 2.24. The Morgan fingerprint density at radius 3 is 2.79 bits per heavy atom. The van der Waals surface area contributed by atoms with Crippen molar-refractivity contribution in [3.8, 4) is 0 Å². The molecule has 0 spiro atoms. The fourth-order valence-electron chi connectivity index (χ4n) is 4.46. The Hall–Kier alpha value is -3.65.